The molecule has 0 saturated heterocycles. The monoisotopic (exact) mass is 273 g/mol. The van der Waals surface area contributed by atoms with E-state index in [4.69, 9.17) is 0 Å². The summed E-state index contributed by atoms with van der Waals surface area (Å²) in [4.78, 5) is 12.2. The Labute approximate surface area is 115 Å². The molecule has 0 unspecified atom stereocenters. The van der Waals surface area contributed by atoms with E-state index in [1.807, 2.05) is 13.8 Å². The first-order valence-electron chi connectivity index (χ1n) is 6.98. The van der Waals surface area contributed by atoms with Gasteiger partial charge in [-0.05, 0) is 33.1 Å². The Kier molecular flexibility index (Phi) is 5.99. The van der Waals surface area contributed by atoms with E-state index in [1.54, 1.807) is 11.8 Å². The van der Waals surface area contributed by atoms with Crippen LogP contribution in [0.3, 0.4) is 0 Å². The van der Waals surface area contributed by atoms with Gasteiger partial charge in [0.2, 0.25) is 5.91 Å². The third-order valence-electron chi connectivity index (χ3n) is 3.71. The Morgan fingerprint density at radius 3 is 2.50 bits per heavy atom. The lowest BCUT2D eigenvalue weighted by molar-refractivity contribution is -0.130. The molecular formula is C14H27NO2S. The fourth-order valence-electron chi connectivity index (χ4n) is 2.54. The number of thioether (sulfide) groups is 1. The molecule has 0 aliphatic heterocycles. The number of hydrogen-bond acceptors (Lipinski definition) is 3. The van der Waals surface area contributed by atoms with E-state index in [-0.39, 0.29) is 11.3 Å². The summed E-state index contributed by atoms with van der Waals surface area (Å²) in [5, 5.41) is 12.6. The van der Waals surface area contributed by atoms with E-state index in [1.165, 1.54) is 12.8 Å². The van der Waals surface area contributed by atoms with E-state index < -0.39 is 5.60 Å². The molecule has 1 amide bonds. The highest BCUT2D eigenvalue weighted by Crippen LogP contribution is 2.40. The van der Waals surface area contributed by atoms with Crippen LogP contribution in [-0.4, -0.2) is 34.7 Å². The van der Waals surface area contributed by atoms with E-state index in [2.05, 4.69) is 12.2 Å². The second kappa shape index (κ2) is 6.80. The summed E-state index contributed by atoms with van der Waals surface area (Å²) < 4.78 is 0. The van der Waals surface area contributed by atoms with Crippen LogP contribution in [0.1, 0.15) is 52.9 Å². The van der Waals surface area contributed by atoms with Gasteiger partial charge >= 0.3 is 0 Å². The van der Waals surface area contributed by atoms with Crippen molar-refractivity contribution >= 4 is 17.7 Å². The Bertz CT molecular complexity index is 267. The second-order valence-corrected chi connectivity index (χ2v) is 7.07. The maximum Gasteiger partial charge on any atom is 0.226 e. The normalized spacial score (nSPS) is 18.9. The average molecular weight is 273 g/mol. The molecule has 18 heavy (non-hydrogen) atoms. The Balaban J connectivity index is 2.21. The van der Waals surface area contributed by atoms with Crippen molar-refractivity contribution in [3.8, 4) is 0 Å². The van der Waals surface area contributed by atoms with Crippen molar-refractivity contribution < 1.29 is 9.90 Å². The molecule has 2 N–H and O–H groups in total. The molecule has 0 spiro atoms. The van der Waals surface area contributed by atoms with E-state index in [0.717, 1.165) is 25.0 Å². The first-order valence-corrected chi connectivity index (χ1v) is 8.13. The molecule has 106 valence electrons. The zero-order chi connectivity index (χ0) is 13.6. The maximum absolute atomic E-state index is 12.2. The summed E-state index contributed by atoms with van der Waals surface area (Å²) in [6.45, 7) is 6.45. The third kappa shape index (κ3) is 4.81. The van der Waals surface area contributed by atoms with Gasteiger partial charge in [0, 0.05) is 23.5 Å². The molecule has 0 atom stereocenters. The van der Waals surface area contributed by atoms with Crippen LogP contribution < -0.4 is 5.32 Å². The minimum Gasteiger partial charge on any atom is -0.390 e. The number of rotatable bonds is 7. The highest BCUT2D eigenvalue weighted by molar-refractivity contribution is 7.99. The van der Waals surface area contributed by atoms with Gasteiger partial charge in [-0.15, -0.1) is 0 Å². The quantitative estimate of drug-likeness (QED) is 0.701. The van der Waals surface area contributed by atoms with Crippen molar-refractivity contribution in [3.63, 3.8) is 0 Å². The minimum atomic E-state index is -0.620. The van der Waals surface area contributed by atoms with Crippen LogP contribution in [0.25, 0.3) is 0 Å². The summed E-state index contributed by atoms with van der Waals surface area (Å²) in [6.07, 6.45) is 5.43. The molecule has 0 aromatic carbocycles. The number of carbonyl (C=O) groups is 1. The Hall–Kier alpha value is -0.220. The highest BCUT2D eigenvalue weighted by atomic mass is 32.2. The summed E-state index contributed by atoms with van der Waals surface area (Å²) in [7, 11) is 0. The third-order valence-corrected chi connectivity index (χ3v) is 5.11. The fourth-order valence-corrected chi connectivity index (χ4v) is 3.43. The van der Waals surface area contributed by atoms with Gasteiger partial charge in [-0.25, -0.2) is 0 Å². The molecule has 0 radical (unpaired) electrons. The number of hydrogen-bond donors (Lipinski definition) is 2. The molecule has 1 saturated carbocycles. The van der Waals surface area contributed by atoms with Gasteiger partial charge in [-0.3, -0.25) is 4.79 Å². The molecule has 1 aliphatic carbocycles. The van der Waals surface area contributed by atoms with Crippen molar-refractivity contribution in [2.75, 3.05) is 18.1 Å². The van der Waals surface area contributed by atoms with Gasteiger partial charge in [0.15, 0.2) is 0 Å². The van der Waals surface area contributed by atoms with Crippen molar-refractivity contribution in [2.45, 2.75) is 58.5 Å². The first kappa shape index (κ1) is 15.8. The fraction of sp³-hybridized carbons (Fsp3) is 0.929. The predicted octanol–water partition coefficient (Wildman–Crippen LogP) is 2.58. The topological polar surface area (TPSA) is 49.3 Å². The largest absolute Gasteiger partial charge is 0.390 e. The maximum atomic E-state index is 12.2. The standard InChI is InChI=1S/C14H27NO2S/c1-4-14(7-5-6-8-14)12(16)15-9-10-18-11-13(2,3)17/h17H,4-11H2,1-3H3,(H,15,16). The highest BCUT2D eigenvalue weighted by Gasteiger charge is 2.38. The lowest BCUT2D eigenvalue weighted by atomic mass is 9.82. The van der Waals surface area contributed by atoms with Crippen molar-refractivity contribution in [2.24, 2.45) is 5.41 Å². The van der Waals surface area contributed by atoms with E-state index >= 15 is 0 Å². The molecular weight excluding hydrogens is 246 g/mol. The molecule has 0 aromatic rings. The van der Waals surface area contributed by atoms with Crippen LogP contribution in [0.5, 0.6) is 0 Å². The number of aliphatic hydroxyl groups is 1. The zero-order valence-electron chi connectivity index (χ0n) is 11.9. The molecule has 3 nitrogen and oxygen atoms in total. The van der Waals surface area contributed by atoms with Crippen LogP contribution in [0.2, 0.25) is 0 Å². The van der Waals surface area contributed by atoms with Gasteiger partial charge in [0.25, 0.3) is 0 Å². The lowest BCUT2D eigenvalue weighted by Crippen LogP contribution is -2.39. The molecule has 1 rings (SSSR count). The number of amides is 1. The molecule has 4 heteroatoms. The predicted molar refractivity (Wildman–Crippen MR) is 77.8 cm³/mol. The SMILES string of the molecule is CCC1(C(=O)NCCSCC(C)(C)O)CCCC1. The van der Waals surface area contributed by atoms with Crippen molar-refractivity contribution in [1.29, 1.82) is 0 Å². The molecule has 1 aliphatic rings. The molecule has 0 heterocycles. The number of carbonyl (C=O) groups excluding carboxylic acids is 1. The van der Waals surface area contributed by atoms with E-state index in [9.17, 15) is 9.90 Å². The molecule has 0 bridgehead atoms. The van der Waals surface area contributed by atoms with Crippen molar-refractivity contribution in [1.82, 2.24) is 5.32 Å². The van der Waals surface area contributed by atoms with Gasteiger partial charge in [-0.2, -0.15) is 11.8 Å². The number of nitrogens with one attached hydrogen (secondary N) is 1. The van der Waals surface area contributed by atoms with Crippen LogP contribution in [-0.2, 0) is 4.79 Å². The lowest BCUT2D eigenvalue weighted by Gasteiger charge is -2.26. The van der Waals surface area contributed by atoms with Gasteiger partial charge in [-0.1, -0.05) is 19.8 Å². The minimum absolute atomic E-state index is 0.0824. The molecule has 0 aromatic heterocycles. The Morgan fingerprint density at radius 1 is 1.39 bits per heavy atom. The van der Waals surface area contributed by atoms with Gasteiger partial charge < -0.3 is 10.4 Å². The van der Waals surface area contributed by atoms with Crippen LogP contribution in [0.4, 0.5) is 0 Å². The average Bonchev–Trinajstić information content (AvgIpc) is 2.76. The zero-order valence-corrected chi connectivity index (χ0v) is 12.7. The Morgan fingerprint density at radius 2 is 2.00 bits per heavy atom. The summed E-state index contributed by atoms with van der Waals surface area (Å²) >= 11 is 1.69. The summed E-state index contributed by atoms with van der Waals surface area (Å²) in [5.41, 5.74) is -0.703. The van der Waals surface area contributed by atoms with Crippen LogP contribution in [0.15, 0.2) is 0 Å². The van der Waals surface area contributed by atoms with Crippen LogP contribution in [0, 0.1) is 5.41 Å². The summed E-state index contributed by atoms with van der Waals surface area (Å²) in [6, 6.07) is 0. The van der Waals surface area contributed by atoms with Crippen molar-refractivity contribution in [3.05, 3.63) is 0 Å². The smallest absolute Gasteiger partial charge is 0.226 e. The van der Waals surface area contributed by atoms with E-state index in [0.29, 0.717) is 12.3 Å². The first-order chi connectivity index (χ1) is 8.40. The van der Waals surface area contributed by atoms with Gasteiger partial charge in [0.05, 0.1) is 5.60 Å². The van der Waals surface area contributed by atoms with Crippen LogP contribution >= 0.6 is 11.8 Å². The van der Waals surface area contributed by atoms with Gasteiger partial charge in [0.1, 0.15) is 0 Å². The summed E-state index contributed by atoms with van der Waals surface area (Å²) in [5.74, 6) is 1.82. The molecule has 1 fully saturated rings. The second-order valence-electron chi connectivity index (χ2n) is 5.96.